The lowest BCUT2D eigenvalue weighted by Crippen LogP contribution is -2.50. The fraction of sp³-hybridized carbons (Fsp3) is 0.440. The summed E-state index contributed by atoms with van der Waals surface area (Å²) in [7, 11) is 0. The molecule has 0 heterocycles. The number of halogens is 2. The third-order valence-corrected chi connectivity index (χ3v) is 7.55. The SMILES string of the molecule is Cc1ccc(CN(C(=O)CSCc2ccc(Cl)c(Cl)c2)[C@@H](C)C(=O)NC2CCCC2)cc1. The third-order valence-electron chi connectivity index (χ3n) is 5.82. The van der Waals surface area contributed by atoms with Crippen LogP contribution >= 0.6 is 35.0 Å². The summed E-state index contributed by atoms with van der Waals surface area (Å²) < 4.78 is 0. The second-order valence-electron chi connectivity index (χ2n) is 8.41. The molecule has 0 aliphatic heterocycles. The van der Waals surface area contributed by atoms with Crippen molar-refractivity contribution in [2.24, 2.45) is 0 Å². The molecule has 3 rings (SSSR count). The molecule has 32 heavy (non-hydrogen) atoms. The maximum Gasteiger partial charge on any atom is 0.242 e. The van der Waals surface area contributed by atoms with Crippen molar-refractivity contribution >= 4 is 46.8 Å². The standard InChI is InChI=1S/C25H30Cl2N2O2S/c1-17-7-9-19(10-8-17)14-29(18(2)25(31)28-21-5-3-4-6-21)24(30)16-32-15-20-11-12-22(26)23(27)13-20/h7-13,18,21H,3-6,14-16H2,1-2H3,(H,28,31)/t18-/m0/s1. The van der Waals surface area contributed by atoms with E-state index < -0.39 is 6.04 Å². The number of carbonyl (C=O) groups excluding carboxylic acids is 2. The molecule has 4 nitrogen and oxygen atoms in total. The Morgan fingerprint density at radius 1 is 1.06 bits per heavy atom. The van der Waals surface area contributed by atoms with Crippen molar-refractivity contribution in [2.75, 3.05) is 5.75 Å². The van der Waals surface area contributed by atoms with Gasteiger partial charge in [0.05, 0.1) is 15.8 Å². The Hall–Kier alpha value is -1.69. The average Bonchev–Trinajstić information content (AvgIpc) is 3.28. The minimum Gasteiger partial charge on any atom is -0.352 e. The summed E-state index contributed by atoms with van der Waals surface area (Å²) in [5, 5.41) is 4.16. The fourth-order valence-corrected chi connectivity index (χ4v) is 5.01. The average molecular weight is 494 g/mol. The van der Waals surface area contributed by atoms with Gasteiger partial charge in [0.25, 0.3) is 0 Å². The molecule has 2 amide bonds. The largest absolute Gasteiger partial charge is 0.352 e. The number of rotatable bonds is 9. The Morgan fingerprint density at radius 2 is 1.72 bits per heavy atom. The second-order valence-corrected chi connectivity index (χ2v) is 10.2. The number of hydrogen-bond acceptors (Lipinski definition) is 3. The molecular weight excluding hydrogens is 463 g/mol. The number of nitrogens with one attached hydrogen (secondary N) is 1. The zero-order valence-corrected chi connectivity index (χ0v) is 20.9. The number of benzene rings is 2. The highest BCUT2D eigenvalue weighted by atomic mass is 35.5. The molecule has 1 aliphatic rings. The molecular formula is C25H30Cl2N2O2S. The lowest BCUT2D eigenvalue weighted by Gasteiger charge is -2.29. The molecule has 0 aromatic heterocycles. The highest BCUT2D eigenvalue weighted by Gasteiger charge is 2.28. The van der Waals surface area contributed by atoms with Crippen molar-refractivity contribution < 1.29 is 9.59 Å². The number of nitrogens with zero attached hydrogens (tertiary/aromatic N) is 1. The molecule has 1 atom stereocenters. The first-order valence-electron chi connectivity index (χ1n) is 11.0. The molecule has 0 unspecified atom stereocenters. The first-order valence-corrected chi connectivity index (χ1v) is 12.9. The highest BCUT2D eigenvalue weighted by Crippen LogP contribution is 2.25. The summed E-state index contributed by atoms with van der Waals surface area (Å²) >= 11 is 13.6. The normalized spacial score (nSPS) is 14.9. The van der Waals surface area contributed by atoms with Gasteiger partial charge in [-0.15, -0.1) is 11.8 Å². The van der Waals surface area contributed by atoms with Crippen LogP contribution in [0.3, 0.4) is 0 Å². The van der Waals surface area contributed by atoms with Crippen molar-refractivity contribution in [3.8, 4) is 0 Å². The quantitative estimate of drug-likeness (QED) is 0.466. The maximum atomic E-state index is 13.2. The fourth-order valence-electron chi connectivity index (χ4n) is 3.83. The van der Waals surface area contributed by atoms with Gasteiger partial charge in [0.2, 0.25) is 11.8 Å². The van der Waals surface area contributed by atoms with Gasteiger partial charge in [0, 0.05) is 18.3 Å². The van der Waals surface area contributed by atoms with Gasteiger partial charge in [-0.25, -0.2) is 0 Å². The van der Waals surface area contributed by atoms with Gasteiger partial charge in [0.15, 0.2) is 0 Å². The van der Waals surface area contributed by atoms with E-state index in [9.17, 15) is 9.59 Å². The molecule has 1 fully saturated rings. The van der Waals surface area contributed by atoms with Crippen molar-refractivity contribution in [1.82, 2.24) is 10.2 Å². The molecule has 7 heteroatoms. The van der Waals surface area contributed by atoms with E-state index in [1.165, 1.54) is 11.8 Å². The maximum absolute atomic E-state index is 13.2. The molecule has 0 bridgehead atoms. The van der Waals surface area contributed by atoms with Gasteiger partial charge >= 0.3 is 0 Å². The third kappa shape index (κ3) is 7.16. The van der Waals surface area contributed by atoms with E-state index in [2.05, 4.69) is 5.32 Å². The van der Waals surface area contributed by atoms with Crippen LogP contribution in [0.2, 0.25) is 10.0 Å². The Bertz CT molecular complexity index is 930. The van der Waals surface area contributed by atoms with Crippen LogP contribution in [0, 0.1) is 6.92 Å². The minimum atomic E-state index is -0.532. The van der Waals surface area contributed by atoms with Crippen LogP contribution in [0.15, 0.2) is 42.5 Å². The molecule has 1 saturated carbocycles. The molecule has 0 saturated heterocycles. The van der Waals surface area contributed by atoms with E-state index in [4.69, 9.17) is 23.2 Å². The predicted octanol–water partition coefficient (Wildman–Crippen LogP) is 6.01. The first kappa shape index (κ1) is 24.9. The Labute approximate surface area is 205 Å². The molecule has 1 N–H and O–H groups in total. The van der Waals surface area contributed by atoms with E-state index in [0.717, 1.165) is 42.4 Å². The van der Waals surface area contributed by atoms with Crippen LogP contribution in [0.1, 0.15) is 49.3 Å². The van der Waals surface area contributed by atoms with Crippen LogP contribution in [0.4, 0.5) is 0 Å². The van der Waals surface area contributed by atoms with Crippen molar-refractivity contribution in [1.29, 1.82) is 0 Å². The number of amides is 2. The van der Waals surface area contributed by atoms with Crippen molar-refractivity contribution in [2.45, 2.75) is 63.9 Å². The highest BCUT2D eigenvalue weighted by molar-refractivity contribution is 7.99. The van der Waals surface area contributed by atoms with Gasteiger partial charge in [-0.1, -0.05) is 71.9 Å². The summed E-state index contributed by atoms with van der Waals surface area (Å²) in [6.45, 7) is 4.26. The van der Waals surface area contributed by atoms with Gasteiger partial charge < -0.3 is 10.2 Å². The van der Waals surface area contributed by atoms with Gasteiger partial charge in [-0.3, -0.25) is 9.59 Å². The Balaban J connectivity index is 1.65. The van der Waals surface area contributed by atoms with Gasteiger partial charge in [0.1, 0.15) is 6.04 Å². The molecule has 1 aliphatic carbocycles. The lowest BCUT2D eigenvalue weighted by molar-refractivity contribution is -0.138. The van der Waals surface area contributed by atoms with Crippen LogP contribution in [0.5, 0.6) is 0 Å². The second kappa shape index (κ2) is 12.0. The molecule has 2 aromatic rings. The summed E-state index contributed by atoms with van der Waals surface area (Å²) in [4.78, 5) is 27.8. The van der Waals surface area contributed by atoms with Crippen LogP contribution in [0.25, 0.3) is 0 Å². The first-order chi connectivity index (χ1) is 15.3. The van der Waals surface area contributed by atoms with Gasteiger partial charge in [-0.05, 0) is 49.9 Å². The summed E-state index contributed by atoms with van der Waals surface area (Å²) in [6.07, 6.45) is 4.33. The number of carbonyl (C=O) groups is 2. The monoisotopic (exact) mass is 492 g/mol. The van der Waals surface area contributed by atoms with E-state index in [-0.39, 0.29) is 23.6 Å². The van der Waals surface area contributed by atoms with E-state index >= 15 is 0 Å². The summed E-state index contributed by atoms with van der Waals surface area (Å²) in [5.74, 6) is 0.799. The minimum absolute atomic E-state index is 0.0512. The predicted molar refractivity (Wildman–Crippen MR) is 134 cm³/mol. The number of hydrogen-bond donors (Lipinski definition) is 1. The molecule has 172 valence electrons. The zero-order chi connectivity index (χ0) is 23.1. The number of aryl methyl sites for hydroxylation is 1. The molecule has 2 aromatic carbocycles. The van der Waals surface area contributed by atoms with Crippen LogP contribution in [-0.4, -0.2) is 34.6 Å². The van der Waals surface area contributed by atoms with Gasteiger partial charge in [-0.2, -0.15) is 0 Å². The van der Waals surface area contributed by atoms with E-state index in [1.807, 2.05) is 50.2 Å². The van der Waals surface area contributed by atoms with Crippen molar-refractivity contribution in [3.05, 3.63) is 69.2 Å². The Morgan fingerprint density at radius 3 is 2.38 bits per heavy atom. The van der Waals surface area contributed by atoms with Crippen molar-refractivity contribution in [3.63, 3.8) is 0 Å². The van der Waals surface area contributed by atoms with Crippen LogP contribution in [-0.2, 0) is 21.9 Å². The summed E-state index contributed by atoms with van der Waals surface area (Å²) in [5.41, 5.74) is 3.18. The molecule has 0 radical (unpaired) electrons. The Kier molecular flexibility index (Phi) is 9.33. The topological polar surface area (TPSA) is 49.4 Å². The summed E-state index contributed by atoms with van der Waals surface area (Å²) in [6, 6.07) is 13.3. The lowest BCUT2D eigenvalue weighted by atomic mass is 10.1. The molecule has 0 spiro atoms. The van der Waals surface area contributed by atoms with Crippen LogP contribution < -0.4 is 5.32 Å². The van der Waals surface area contributed by atoms with E-state index in [1.54, 1.807) is 11.0 Å². The zero-order valence-electron chi connectivity index (χ0n) is 18.6. The van der Waals surface area contributed by atoms with E-state index in [0.29, 0.717) is 22.3 Å². The smallest absolute Gasteiger partial charge is 0.242 e. The number of thioether (sulfide) groups is 1.